The lowest BCUT2D eigenvalue weighted by Crippen LogP contribution is -2.14. The molecule has 20 heavy (non-hydrogen) atoms. The molecule has 0 atom stereocenters. The Bertz CT molecular complexity index is 650. The number of benzene rings is 1. The first-order valence-corrected chi connectivity index (χ1v) is 6.56. The average molecular weight is 269 g/mol. The number of pyridine rings is 1. The Morgan fingerprint density at radius 1 is 1.20 bits per heavy atom. The summed E-state index contributed by atoms with van der Waals surface area (Å²) in [5.41, 5.74) is 11.1. The number of nitrogens with zero attached hydrogens (tertiary/aromatic N) is 1. The lowest BCUT2D eigenvalue weighted by molar-refractivity contribution is 0.102. The summed E-state index contributed by atoms with van der Waals surface area (Å²) >= 11 is 0. The van der Waals surface area contributed by atoms with Crippen molar-refractivity contribution in [3.8, 4) is 0 Å². The zero-order chi connectivity index (χ0) is 14.7. The van der Waals surface area contributed by atoms with E-state index in [1.165, 1.54) is 11.1 Å². The van der Waals surface area contributed by atoms with Gasteiger partial charge >= 0.3 is 0 Å². The monoisotopic (exact) mass is 269 g/mol. The van der Waals surface area contributed by atoms with Gasteiger partial charge in [-0.3, -0.25) is 9.78 Å². The maximum absolute atomic E-state index is 12.3. The van der Waals surface area contributed by atoms with E-state index in [2.05, 4.69) is 24.1 Å². The van der Waals surface area contributed by atoms with E-state index in [0.717, 1.165) is 11.3 Å². The van der Waals surface area contributed by atoms with Crippen LogP contribution in [0.15, 0.2) is 30.5 Å². The molecular weight excluding hydrogens is 250 g/mol. The minimum absolute atomic E-state index is 0.145. The summed E-state index contributed by atoms with van der Waals surface area (Å²) in [6.45, 7) is 6.45. The number of hydrogen-bond acceptors (Lipinski definition) is 3. The second-order valence-electron chi connectivity index (χ2n) is 4.87. The van der Waals surface area contributed by atoms with E-state index >= 15 is 0 Å². The minimum Gasteiger partial charge on any atom is -0.325 e. The van der Waals surface area contributed by atoms with Gasteiger partial charge < -0.3 is 11.1 Å². The highest BCUT2D eigenvalue weighted by molar-refractivity contribution is 6.04. The Morgan fingerprint density at radius 3 is 2.65 bits per heavy atom. The molecule has 0 spiro atoms. The fourth-order valence-electron chi connectivity index (χ4n) is 2.02. The summed E-state index contributed by atoms with van der Waals surface area (Å²) in [6, 6.07) is 7.34. The third-order valence-electron chi connectivity index (χ3n) is 3.59. The molecular formula is C16H19N3O. The predicted octanol–water partition coefficient (Wildman–Crippen LogP) is 2.72. The SMILES string of the molecule is Cc1ccc(NC(=O)c2ccnc(CN)c2)c(C)c1C. The van der Waals surface area contributed by atoms with Gasteiger partial charge in [0, 0.05) is 24.0 Å². The van der Waals surface area contributed by atoms with Crippen molar-refractivity contribution in [2.24, 2.45) is 5.73 Å². The summed E-state index contributed by atoms with van der Waals surface area (Å²) < 4.78 is 0. The molecule has 3 N–H and O–H groups in total. The molecule has 0 unspecified atom stereocenters. The van der Waals surface area contributed by atoms with Crippen LogP contribution >= 0.6 is 0 Å². The first-order chi connectivity index (χ1) is 9.52. The molecule has 0 fully saturated rings. The molecule has 1 aromatic carbocycles. The van der Waals surface area contributed by atoms with Gasteiger partial charge in [-0.05, 0) is 55.7 Å². The first-order valence-electron chi connectivity index (χ1n) is 6.56. The van der Waals surface area contributed by atoms with Gasteiger partial charge in [-0.15, -0.1) is 0 Å². The van der Waals surface area contributed by atoms with Crippen LogP contribution in [-0.4, -0.2) is 10.9 Å². The third-order valence-corrected chi connectivity index (χ3v) is 3.59. The summed E-state index contributed by atoms with van der Waals surface area (Å²) in [6.07, 6.45) is 1.60. The molecule has 0 radical (unpaired) electrons. The van der Waals surface area contributed by atoms with Crippen LogP contribution in [0.4, 0.5) is 5.69 Å². The van der Waals surface area contributed by atoms with Crippen molar-refractivity contribution in [3.05, 3.63) is 58.4 Å². The smallest absolute Gasteiger partial charge is 0.255 e. The van der Waals surface area contributed by atoms with Crippen LogP contribution in [0.3, 0.4) is 0 Å². The van der Waals surface area contributed by atoms with E-state index in [1.54, 1.807) is 18.3 Å². The molecule has 2 aromatic rings. The van der Waals surface area contributed by atoms with Crippen molar-refractivity contribution in [3.63, 3.8) is 0 Å². The highest BCUT2D eigenvalue weighted by atomic mass is 16.1. The summed E-state index contributed by atoms with van der Waals surface area (Å²) in [5, 5.41) is 2.94. The molecule has 0 bridgehead atoms. The van der Waals surface area contributed by atoms with Crippen LogP contribution in [0.2, 0.25) is 0 Å². The fraction of sp³-hybridized carbons (Fsp3) is 0.250. The standard InChI is InChI=1S/C16H19N3O/c1-10-4-5-15(12(3)11(10)2)19-16(20)13-6-7-18-14(8-13)9-17/h4-8H,9,17H2,1-3H3,(H,19,20). The van der Waals surface area contributed by atoms with Gasteiger partial charge in [0.1, 0.15) is 0 Å². The van der Waals surface area contributed by atoms with Crippen LogP contribution in [0.1, 0.15) is 32.7 Å². The molecule has 0 aliphatic carbocycles. The molecule has 0 aliphatic heterocycles. The Labute approximate surface area is 119 Å². The maximum atomic E-state index is 12.3. The Morgan fingerprint density at radius 2 is 1.95 bits per heavy atom. The number of nitrogens with two attached hydrogens (primary N) is 1. The van der Waals surface area contributed by atoms with E-state index in [1.807, 2.05) is 19.1 Å². The van der Waals surface area contributed by atoms with Gasteiger partial charge in [0.15, 0.2) is 0 Å². The molecule has 2 rings (SSSR count). The Hall–Kier alpha value is -2.20. The average Bonchev–Trinajstić information content (AvgIpc) is 2.48. The van der Waals surface area contributed by atoms with E-state index < -0.39 is 0 Å². The van der Waals surface area contributed by atoms with Crippen molar-refractivity contribution in [2.75, 3.05) is 5.32 Å². The second-order valence-corrected chi connectivity index (χ2v) is 4.87. The Balaban J connectivity index is 2.25. The Kier molecular flexibility index (Phi) is 4.15. The topological polar surface area (TPSA) is 68.0 Å². The van der Waals surface area contributed by atoms with Crippen LogP contribution in [0.25, 0.3) is 0 Å². The molecule has 4 heteroatoms. The van der Waals surface area contributed by atoms with Gasteiger partial charge in [-0.25, -0.2) is 0 Å². The van der Waals surface area contributed by atoms with Crippen LogP contribution in [0, 0.1) is 20.8 Å². The first kappa shape index (κ1) is 14.2. The van der Waals surface area contributed by atoms with Crippen molar-refractivity contribution in [1.29, 1.82) is 0 Å². The number of anilines is 1. The van der Waals surface area contributed by atoms with Gasteiger partial charge in [-0.2, -0.15) is 0 Å². The summed E-state index contributed by atoms with van der Waals surface area (Å²) in [4.78, 5) is 16.3. The van der Waals surface area contributed by atoms with E-state index in [9.17, 15) is 4.79 Å². The normalized spacial score (nSPS) is 10.4. The molecule has 0 aliphatic rings. The maximum Gasteiger partial charge on any atom is 0.255 e. The highest BCUT2D eigenvalue weighted by Gasteiger charge is 2.10. The highest BCUT2D eigenvalue weighted by Crippen LogP contribution is 2.22. The lowest BCUT2D eigenvalue weighted by atomic mass is 10.0. The fourth-order valence-corrected chi connectivity index (χ4v) is 2.02. The molecule has 1 aromatic heterocycles. The number of carbonyl (C=O) groups is 1. The number of nitrogens with one attached hydrogen (secondary N) is 1. The molecule has 1 heterocycles. The lowest BCUT2D eigenvalue weighted by Gasteiger charge is -2.12. The number of aromatic nitrogens is 1. The largest absolute Gasteiger partial charge is 0.325 e. The third kappa shape index (κ3) is 2.86. The molecule has 104 valence electrons. The van der Waals surface area contributed by atoms with E-state index in [4.69, 9.17) is 5.73 Å². The number of aryl methyl sites for hydroxylation is 1. The van der Waals surface area contributed by atoms with Crippen LogP contribution in [0.5, 0.6) is 0 Å². The molecule has 4 nitrogen and oxygen atoms in total. The van der Waals surface area contributed by atoms with Gasteiger partial charge in [0.05, 0.1) is 5.69 Å². The quantitative estimate of drug-likeness (QED) is 0.900. The van der Waals surface area contributed by atoms with E-state index in [-0.39, 0.29) is 5.91 Å². The zero-order valence-corrected chi connectivity index (χ0v) is 12.0. The number of hydrogen-bond donors (Lipinski definition) is 2. The molecule has 0 saturated heterocycles. The van der Waals surface area contributed by atoms with Gasteiger partial charge in [0.2, 0.25) is 0 Å². The number of amides is 1. The number of carbonyl (C=O) groups excluding carboxylic acids is 1. The predicted molar refractivity (Wildman–Crippen MR) is 80.7 cm³/mol. The summed E-state index contributed by atoms with van der Waals surface area (Å²) in [7, 11) is 0. The number of rotatable bonds is 3. The van der Waals surface area contributed by atoms with E-state index in [0.29, 0.717) is 17.8 Å². The van der Waals surface area contributed by atoms with Crippen molar-refractivity contribution < 1.29 is 4.79 Å². The van der Waals surface area contributed by atoms with Crippen LogP contribution in [-0.2, 0) is 6.54 Å². The van der Waals surface area contributed by atoms with Crippen molar-refractivity contribution in [1.82, 2.24) is 4.98 Å². The second kappa shape index (κ2) is 5.84. The van der Waals surface area contributed by atoms with Crippen LogP contribution < -0.4 is 11.1 Å². The minimum atomic E-state index is -0.145. The molecule has 1 amide bonds. The molecule has 0 saturated carbocycles. The summed E-state index contributed by atoms with van der Waals surface area (Å²) in [5.74, 6) is -0.145. The van der Waals surface area contributed by atoms with Gasteiger partial charge in [0.25, 0.3) is 5.91 Å². The zero-order valence-electron chi connectivity index (χ0n) is 12.0. The van der Waals surface area contributed by atoms with Gasteiger partial charge in [-0.1, -0.05) is 6.07 Å². The van der Waals surface area contributed by atoms with Crippen molar-refractivity contribution >= 4 is 11.6 Å². The van der Waals surface area contributed by atoms with Crippen molar-refractivity contribution in [2.45, 2.75) is 27.3 Å².